The number of carbonyl (C=O) groups excluding carboxylic acids is 1. The number of esters is 1. The summed E-state index contributed by atoms with van der Waals surface area (Å²) in [7, 11) is 3.02. The van der Waals surface area contributed by atoms with Crippen LogP contribution in [0.3, 0.4) is 0 Å². The van der Waals surface area contributed by atoms with E-state index in [1.165, 1.54) is 30.9 Å². The summed E-state index contributed by atoms with van der Waals surface area (Å²) in [6.07, 6.45) is 1.61. The van der Waals surface area contributed by atoms with Crippen LogP contribution in [0.25, 0.3) is 17.4 Å². The van der Waals surface area contributed by atoms with Gasteiger partial charge in [-0.15, -0.1) is 0 Å². The Kier molecular flexibility index (Phi) is 8.38. The molecule has 222 valence electrons. The van der Waals surface area contributed by atoms with Gasteiger partial charge in [-0.1, -0.05) is 27.3 Å². The summed E-state index contributed by atoms with van der Waals surface area (Å²) >= 11 is 4.75. The van der Waals surface area contributed by atoms with E-state index in [2.05, 4.69) is 20.9 Å². The van der Waals surface area contributed by atoms with E-state index in [1.807, 2.05) is 0 Å². The Hall–Kier alpha value is -4.49. The summed E-state index contributed by atoms with van der Waals surface area (Å²) in [5.41, 5.74) is 2.21. The number of furan rings is 1. The minimum absolute atomic E-state index is 0.0118. The fraction of sp³-hybridized carbons (Fsp3) is 0.233. The van der Waals surface area contributed by atoms with Gasteiger partial charge in [-0.2, -0.15) is 0 Å². The molecule has 13 heteroatoms. The lowest BCUT2D eigenvalue weighted by Crippen LogP contribution is -2.40. The molecule has 2 aromatic heterocycles. The predicted molar refractivity (Wildman–Crippen MR) is 163 cm³/mol. The van der Waals surface area contributed by atoms with Crippen molar-refractivity contribution in [2.75, 3.05) is 20.8 Å². The quantitative estimate of drug-likeness (QED) is 0.145. The van der Waals surface area contributed by atoms with Crippen molar-refractivity contribution in [3.63, 3.8) is 0 Å². The first-order valence-electron chi connectivity index (χ1n) is 13.0. The van der Waals surface area contributed by atoms with Crippen LogP contribution in [0.2, 0.25) is 0 Å². The van der Waals surface area contributed by atoms with E-state index < -0.39 is 16.9 Å². The molecule has 3 heterocycles. The van der Waals surface area contributed by atoms with Crippen LogP contribution in [0.15, 0.2) is 72.4 Å². The van der Waals surface area contributed by atoms with E-state index >= 15 is 0 Å². The second-order valence-electron chi connectivity index (χ2n) is 9.49. The normalized spacial score (nSPS) is 14.7. The maximum absolute atomic E-state index is 14.0. The van der Waals surface area contributed by atoms with E-state index in [-0.39, 0.29) is 23.4 Å². The number of aromatic nitrogens is 1. The lowest BCUT2D eigenvalue weighted by Gasteiger charge is -2.26. The van der Waals surface area contributed by atoms with Gasteiger partial charge < -0.3 is 18.6 Å². The monoisotopic (exact) mass is 667 g/mol. The molecule has 1 unspecified atom stereocenters. The molecule has 0 fully saturated rings. The third kappa shape index (κ3) is 5.53. The summed E-state index contributed by atoms with van der Waals surface area (Å²) in [6, 6.07) is 10.5. The maximum Gasteiger partial charge on any atom is 0.338 e. The van der Waals surface area contributed by atoms with E-state index in [0.717, 1.165) is 11.3 Å². The van der Waals surface area contributed by atoms with Crippen LogP contribution in [-0.4, -0.2) is 36.3 Å². The van der Waals surface area contributed by atoms with Crippen molar-refractivity contribution in [1.82, 2.24) is 4.57 Å². The molecular weight excluding hydrogens is 642 g/mol. The van der Waals surface area contributed by atoms with Gasteiger partial charge in [0, 0.05) is 28.2 Å². The van der Waals surface area contributed by atoms with Crippen molar-refractivity contribution in [3.05, 3.63) is 105 Å². The molecule has 0 amide bonds. The number of non-ortho nitro benzene ring substituents is 1. The molecule has 43 heavy (non-hydrogen) atoms. The molecule has 0 spiro atoms. The van der Waals surface area contributed by atoms with Crippen LogP contribution < -0.4 is 24.4 Å². The molecule has 5 rings (SSSR count). The molecule has 0 saturated heterocycles. The van der Waals surface area contributed by atoms with Crippen LogP contribution in [0.5, 0.6) is 11.5 Å². The second-order valence-corrected chi connectivity index (χ2v) is 11.4. The van der Waals surface area contributed by atoms with Gasteiger partial charge in [0.25, 0.3) is 11.2 Å². The van der Waals surface area contributed by atoms with Gasteiger partial charge in [0.1, 0.15) is 11.5 Å². The number of halogens is 1. The van der Waals surface area contributed by atoms with Crippen molar-refractivity contribution in [1.29, 1.82) is 0 Å². The summed E-state index contributed by atoms with van der Waals surface area (Å²) in [5, 5.41) is 11.1. The molecular formula is C30H26BrN3O8S. The number of rotatable bonds is 8. The lowest BCUT2D eigenvalue weighted by molar-refractivity contribution is -0.384. The standard InChI is InChI=1S/C30H26BrN3O8S/c1-6-41-29(36)26-16(3)32-30-33(27(26)20-13-23(39-4)24(40-5)14-21(20)31)28(35)25(43-30)12-18-8-10-22(42-18)19-9-7-17(34(37)38)11-15(19)2/h7-14,27H,6H2,1-5H3/b25-12-. The number of aryl methyl sites for hydroxylation is 1. The topological polar surface area (TPSA) is 135 Å². The van der Waals surface area contributed by atoms with E-state index in [0.29, 0.717) is 59.2 Å². The number of ether oxygens (including phenoxy) is 3. The second kappa shape index (κ2) is 12.0. The average Bonchev–Trinajstić information content (AvgIpc) is 3.56. The number of allylic oxidation sites excluding steroid dienone is 1. The number of nitro benzene ring substituents is 1. The zero-order valence-electron chi connectivity index (χ0n) is 23.8. The Morgan fingerprint density at radius 2 is 1.88 bits per heavy atom. The van der Waals surface area contributed by atoms with Gasteiger partial charge in [-0.25, -0.2) is 9.79 Å². The number of thiazole rings is 1. The molecule has 0 radical (unpaired) electrons. The number of fused-ring (bicyclic) bond motifs is 1. The molecule has 11 nitrogen and oxygen atoms in total. The molecule has 2 aromatic carbocycles. The van der Waals surface area contributed by atoms with Crippen molar-refractivity contribution in [3.8, 4) is 22.8 Å². The van der Waals surface area contributed by atoms with Crippen LogP contribution in [0, 0.1) is 17.0 Å². The summed E-state index contributed by atoms with van der Waals surface area (Å²) in [6.45, 7) is 5.32. The van der Waals surface area contributed by atoms with Crippen molar-refractivity contribution in [2.24, 2.45) is 4.99 Å². The smallest absolute Gasteiger partial charge is 0.338 e. The Morgan fingerprint density at radius 3 is 2.53 bits per heavy atom. The largest absolute Gasteiger partial charge is 0.493 e. The fourth-order valence-electron chi connectivity index (χ4n) is 4.91. The highest BCUT2D eigenvalue weighted by atomic mass is 79.9. The molecule has 0 saturated carbocycles. The van der Waals surface area contributed by atoms with Gasteiger partial charge in [0.15, 0.2) is 16.3 Å². The summed E-state index contributed by atoms with van der Waals surface area (Å²) in [5.74, 6) is 1.21. The first-order chi connectivity index (χ1) is 20.6. The highest BCUT2D eigenvalue weighted by Crippen LogP contribution is 2.41. The van der Waals surface area contributed by atoms with Crippen molar-refractivity contribution in [2.45, 2.75) is 26.8 Å². The van der Waals surface area contributed by atoms with E-state index in [1.54, 1.807) is 57.2 Å². The summed E-state index contributed by atoms with van der Waals surface area (Å²) in [4.78, 5) is 42.9. The van der Waals surface area contributed by atoms with Gasteiger partial charge in [-0.3, -0.25) is 19.5 Å². The predicted octanol–water partition coefficient (Wildman–Crippen LogP) is 5.05. The number of hydrogen-bond acceptors (Lipinski definition) is 10. The molecule has 4 aromatic rings. The Morgan fingerprint density at radius 1 is 1.16 bits per heavy atom. The van der Waals surface area contributed by atoms with Crippen LogP contribution >= 0.6 is 27.3 Å². The SMILES string of the molecule is CCOC(=O)C1=C(C)N=c2s/c(=C\c3ccc(-c4ccc([N+](=O)[O-])cc4C)o3)c(=O)n2C1c1cc(OC)c(OC)cc1Br. The Labute approximate surface area is 257 Å². The minimum Gasteiger partial charge on any atom is -0.493 e. The lowest BCUT2D eigenvalue weighted by atomic mass is 9.95. The van der Waals surface area contributed by atoms with Crippen LogP contribution in [-0.2, 0) is 9.53 Å². The number of benzene rings is 2. The highest BCUT2D eigenvalue weighted by Gasteiger charge is 2.35. The minimum atomic E-state index is -0.874. The van der Waals surface area contributed by atoms with E-state index in [9.17, 15) is 19.7 Å². The molecule has 0 N–H and O–H groups in total. The third-order valence-electron chi connectivity index (χ3n) is 6.90. The number of carbonyl (C=O) groups is 1. The number of hydrogen-bond donors (Lipinski definition) is 0. The first kappa shape index (κ1) is 30.0. The molecule has 1 aliphatic heterocycles. The number of nitro groups is 1. The van der Waals surface area contributed by atoms with Crippen LogP contribution in [0.4, 0.5) is 5.69 Å². The van der Waals surface area contributed by atoms with Crippen molar-refractivity contribution < 1.29 is 28.3 Å². The van der Waals surface area contributed by atoms with E-state index in [4.69, 9.17) is 18.6 Å². The molecule has 0 aliphatic carbocycles. The zero-order chi connectivity index (χ0) is 31.0. The number of nitrogens with zero attached hydrogens (tertiary/aromatic N) is 3. The Balaban J connectivity index is 1.66. The third-order valence-corrected chi connectivity index (χ3v) is 8.57. The van der Waals surface area contributed by atoms with Gasteiger partial charge in [0.2, 0.25) is 0 Å². The van der Waals surface area contributed by atoms with Gasteiger partial charge in [0.05, 0.1) is 47.6 Å². The van der Waals surface area contributed by atoms with Gasteiger partial charge >= 0.3 is 5.97 Å². The molecule has 1 atom stereocenters. The fourth-order valence-corrected chi connectivity index (χ4v) is 6.47. The Bertz CT molecular complexity index is 1990. The van der Waals surface area contributed by atoms with Crippen LogP contribution in [0.1, 0.15) is 36.8 Å². The first-order valence-corrected chi connectivity index (χ1v) is 14.6. The number of methoxy groups -OCH3 is 2. The highest BCUT2D eigenvalue weighted by molar-refractivity contribution is 9.10. The molecule has 1 aliphatic rings. The summed E-state index contributed by atoms with van der Waals surface area (Å²) < 4.78 is 24.7. The van der Waals surface area contributed by atoms with Crippen molar-refractivity contribution >= 4 is 45.0 Å². The molecule has 0 bridgehead atoms. The maximum atomic E-state index is 14.0. The zero-order valence-corrected chi connectivity index (χ0v) is 26.2. The average molecular weight is 669 g/mol. The van der Waals surface area contributed by atoms with Gasteiger partial charge in [-0.05, 0) is 62.2 Å².